The molecule has 0 unspecified atom stereocenters. The number of aromatic nitrogens is 4. The van der Waals surface area contributed by atoms with E-state index in [-0.39, 0.29) is 53.8 Å². The first-order valence-electron chi connectivity index (χ1n) is 23.2. The van der Waals surface area contributed by atoms with E-state index in [1.807, 2.05) is 26.8 Å². The van der Waals surface area contributed by atoms with E-state index in [9.17, 15) is 0 Å². The Labute approximate surface area is 334 Å². The summed E-state index contributed by atoms with van der Waals surface area (Å²) < 4.78 is 122. The summed E-state index contributed by atoms with van der Waals surface area (Å²) in [5, 5.41) is 1.77. The molecule has 5 aromatic heterocycles. The van der Waals surface area contributed by atoms with Gasteiger partial charge in [-0.15, -0.1) is 53.6 Å². The number of rotatable bonds is 3. The topological polar surface area (TPSA) is 64.7 Å². The number of pyridine rings is 4. The van der Waals surface area contributed by atoms with E-state index >= 15 is 0 Å². The summed E-state index contributed by atoms with van der Waals surface area (Å²) in [6, 6.07) is 28.3. The minimum Gasteiger partial charge on any atom is -0.486 e. The third-order valence-electron chi connectivity index (χ3n) is 8.18. The molecule has 0 N–H and O–H groups in total. The Balaban J connectivity index is 0.000000288. The first-order valence-corrected chi connectivity index (χ1v) is 15.7. The van der Waals surface area contributed by atoms with E-state index in [1.54, 1.807) is 48.5 Å². The van der Waals surface area contributed by atoms with Crippen LogP contribution in [0.2, 0.25) is 0 Å². The quantitative estimate of drug-likeness (QED) is 0.166. The summed E-state index contributed by atoms with van der Waals surface area (Å²) in [5.41, 5.74) is 4.49. The van der Waals surface area contributed by atoms with E-state index in [2.05, 4.69) is 27.1 Å². The number of fused-ring (bicyclic) bond motifs is 4. The van der Waals surface area contributed by atoms with Crippen LogP contribution < -0.4 is 0 Å². The summed E-state index contributed by atoms with van der Waals surface area (Å²) in [6.07, 6.45) is 2.60. The molecule has 0 aliphatic carbocycles. The molecule has 0 amide bonds. The van der Waals surface area contributed by atoms with Gasteiger partial charge in [0.1, 0.15) is 0 Å². The van der Waals surface area contributed by atoms with Gasteiger partial charge in [0.15, 0.2) is 0 Å². The van der Waals surface area contributed by atoms with E-state index in [0.29, 0.717) is 66.6 Å². The Bertz CT molecular complexity index is 3000. The average Bonchev–Trinajstić information content (AvgIpc) is 3.60. The van der Waals surface area contributed by atoms with Gasteiger partial charge in [-0.3, -0.25) is 4.98 Å². The molecule has 0 fully saturated rings. The predicted molar refractivity (Wildman–Crippen MR) is 205 cm³/mol. The van der Waals surface area contributed by atoms with Crippen molar-refractivity contribution in [3.63, 3.8) is 0 Å². The van der Waals surface area contributed by atoms with Crippen LogP contribution in [0.4, 0.5) is 0 Å². The maximum Gasteiger partial charge on any atom is 0.216 e. The number of hydrogen-bond acceptors (Lipinski definition) is 5. The van der Waals surface area contributed by atoms with Crippen LogP contribution in [0.3, 0.4) is 0 Å². The maximum atomic E-state index is 8.35. The molecule has 8 aromatic rings. The van der Waals surface area contributed by atoms with Crippen LogP contribution in [-0.2, 0) is 25.5 Å². The standard InChI is InChI=1S/C32H28N3O.C13H12N.Ir/c1-18-10-13-27-26(14-18)25(16-29(35-27)32(4,5)6)24-15-28(33-17-19(24)2)23-9-7-8-21-22-12-11-20(3)34-31(22)36-30(21)23;1-10-3-6-12(7-4-10)13-8-5-11(2)9-14-13;/h7-8,10-17H,1-6H3;3-6,8-9H,1-2H3;/q2*-1;/i1D3,2D3,3D3;1D3,2D3;. The molecule has 0 atom stereocenters. The van der Waals surface area contributed by atoms with Gasteiger partial charge in [0.05, 0.1) is 11.1 Å². The van der Waals surface area contributed by atoms with Crippen molar-refractivity contribution in [3.05, 3.63) is 143 Å². The van der Waals surface area contributed by atoms with E-state index in [1.165, 1.54) is 42.7 Å². The van der Waals surface area contributed by atoms with Crippen molar-refractivity contribution in [2.75, 3.05) is 0 Å². The number of benzene rings is 3. The van der Waals surface area contributed by atoms with Gasteiger partial charge in [0, 0.05) is 80.6 Å². The molecule has 0 aliphatic heterocycles. The summed E-state index contributed by atoms with van der Waals surface area (Å²) in [7, 11) is 0. The monoisotopic (exact) mass is 860 g/mol. The molecule has 51 heavy (non-hydrogen) atoms. The first-order chi connectivity index (χ1) is 30.0. The first kappa shape index (κ1) is 21.4. The summed E-state index contributed by atoms with van der Waals surface area (Å²) >= 11 is 0. The second-order valence-electron chi connectivity index (χ2n) is 12.8. The van der Waals surface area contributed by atoms with Gasteiger partial charge in [-0.1, -0.05) is 68.4 Å². The second-order valence-corrected chi connectivity index (χ2v) is 12.8. The molecule has 0 aliphatic rings. The van der Waals surface area contributed by atoms with E-state index in [0.717, 1.165) is 0 Å². The SMILES string of the molecule is [2H]C([2H])([2H])c1c[c-]c(-c2ccc(C([2H])([2H])[2H])cn2)cc1.[2H]C([2H])([2H])c1ccc2nc(C(C)(C)C)cc(-c3cc(-c4[c-]ccc5c4oc4nc(C([2H])([2H])[2H])ccc45)ncc3C([2H])([2H])[2H])c2c1.[Ir]. The molecular formula is C45H40IrN4O-2. The number of hydrogen-bond donors (Lipinski definition) is 0. The van der Waals surface area contributed by atoms with Crippen LogP contribution in [0.1, 0.15) is 75.0 Å². The predicted octanol–water partition coefficient (Wildman–Crippen LogP) is 11.4. The largest absolute Gasteiger partial charge is 0.486 e. The molecule has 0 saturated heterocycles. The zero-order valence-electron chi connectivity index (χ0n) is 42.8. The molecule has 0 saturated carbocycles. The molecule has 0 spiro atoms. The van der Waals surface area contributed by atoms with Crippen LogP contribution in [-0.4, -0.2) is 19.9 Å². The van der Waals surface area contributed by atoms with Crippen molar-refractivity contribution >= 4 is 33.0 Å². The van der Waals surface area contributed by atoms with Gasteiger partial charge < -0.3 is 14.4 Å². The molecule has 3 aromatic carbocycles. The Morgan fingerprint density at radius 2 is 1.49 bits per heavy atom. The van der Waals surface area contributed by atoms with Crippen LogP contribution in [0.5, 0.6) is 0 Å². The van der Waals surface area contributed by atoms with Crippen LogP contribution in [0.15, 0.2) is 102 Å². The van der Waals surface area contributed by atoms with Crippen LogP contribution in [0, 0.1) is 46.4 Å². The zero-order chi connectivity index (χ0) is 47.7. The second kappa shape index (κ2) is 14.3. The smallest absolute Gasteiger partial charge is 0.216 e. The van der Waals surface area contributed by atoms with Crippen LogP contribution >= 0.6 is 0 Å². The molecule has 8 rings (SSSR count). The number of aryl methyl sites for hydroxylation is 5. The molecular weight excluding hydrogens is 805 g/mol. The number of nitrogens with zero attached hydrogens (tertiary/aromatic N) is 4. The third-order valence-corrected chi connectivity index (χ3v) is 8.18. The summed E-state index contributed by atoms with van der Waals surface area (Å²) in [6.45, 7) is -5.71. The molecule has 5 nitrogen and oxygen atoms in total. The van der Waals surface area contributed by atoms with Gasteiger partial charge in [0.25, 0.3) is 0 Å². The van der Waals surface area contributed by atoms with E-state index < -0.39 is 39.7 Å². The minimum atomic E-state index is -2.55. The fourth-order valence-electron chi connectivity index (χ4n) is 5.60. The van der Waals surface area contributed by atoms with E-state index in [4.69, 9.17) is 30.0 Å². The van der Waals surface area contributed by atoms with Gasteiger partial charge in [-0.05, 0) is 91.4 Å². The van der Waals surface area contributed by atoms with Crippen molar-refractivity contribution in [1.29, 1.82) is 0 Å². The fraction of sp³-hybridized carbons (Fsp3) is 0.200. The number of furan rings is 1. The van der Waals surface area contributed by atoms with Crippen LogP contribution in [0.25, 0.3) is 66.6 Å². The van der Waals surface area contributed by atoms with Gasteiger partial charge >= 0.3 is 0 Å². The fourth-order valence-corrected chi connectivity index (χ4v) is 5.60. The average molecular weight is 860 g/mol. The van der Waals surface area contributed by atoms with Crippen molar-refractivity contribution in [3.8, 4) is 33.6 Å². The van der Waals surface area contributed by atoms with Gasteiger partial charge in [0.2, 0.25) is 5.71 Å². The molecule has 1 radical (unpaired) electrons. The summed E-state index contributed by atoms with van der Waals surface area (Å²) in [5.74, 6) is 0. The van der Waals surface area contributed by atoms with Gasteiger partial charge in [-0.2, -0.15) is 0 Å². The van der Waals surface area contributed by atoms with Gasteiger partial charge in [-0.25, -0.2) is 4.98 Å². The maximum absolute atomic E-state index is 8.35. The summed E-state index contributed by atoms with van der Waals surface area (Å²) in [4.78, 5) is 17.6. The van der Waals surface area contributed by atoms with Crippen molar-refractivity contribution in [2.24, 2.45) is 0 Å². The zero-order valence-corrected chi connectivity index (χ0v) is 30.2. The van der Waals surface area contributed by atoms with Crippen molar-refractivity contribution in [1.82, 2.24) is 19.9 Å². The Hall–Kier alpha value is -5.03. The molecule has 0 bridgehead atoms. The molecule has 6 heteroatoms. The Kier molecular flexibility index (Phi) is 5.99. The normalized spacial score (nSPS) is 17.0. The third kappa shape index (κ3) is 7.39. The van der Waals surface area contributed by atoms with Crippen molar-refractivity contribution < 1.29 is 45.1 Å². The Morgan fingerprint density at radius 3 is 2.22 bits per heavy atom. The Morgan fingerprint density at radius 1 is 0.667 bits per heavy atom. The molecule has 257 valence electrons. The minimum absolute atomic E-state index is 0. The van der Waals surface area contributed by atoms with Crippen molar-refractivity contribution in [2.45, 2.75) is 60.4 Å². The molecule has 5 heterocycles.